The van der Waals surface area contributed by atoms with E-state index in [0.717, 1.165) is 0 Å². The summed E-state index contributed by atoms with van der Waals surface area (Å²) in [5.74, 6) is -7.45. The molecule has 0 saturated carbocycles. The summed E-state index contributed by atoms with van der Waals surface area (Å²) < 4.78 is 10.8. The predicted octanol–water partition coefficient (Wildman–Crippen LogP) is -0.981. The van der Waals surface area contributed by atoms with Crippen LogP contribution in [0.15, 0.2) is 30.3 Å². The second-order valence-corrected chi connectivity index (χ2v) is 13.6. The molecule has 2 rings (SSSR count). The van der Waals surface area contributed by atoms with Crippen LogP contribution in [0.4, 0.5) is 4.79 Å². The molecule has 18 heteroatoms. The van der Waals surface area contributed by atoms with Crippen LogP contribution in [0.3, 0.4) is 0 Å². The van der Waals surface area contributed by atoms with Gasteiger partial charge in [-0.1, -0.05) is 64.4 Å². The molecule has 0 radical (unpaired) electrons. The van der Waals surface area contributed by atoms with Gasteiger partial charge in [0.05, 0.1) is 12.5 Å². The maximum Gasteiger partial charge on any atom is 0.408 e. The van der Waals surface area contributed by atoms with Gasteiger partial charge in [0.1, 0.15) is 49.0 Å². The molecule has 1 fully saturated rings. The van der Waals surface area contributed by atoms with Crippen molar-refractivity contribution in [2.24, 2.45) is 17.6 Å². The maximum atomic E-state index is 13.9. The number of ether oxygens (including phenoxy) is 2. The molecule has 1 aliphatic heterocycles. The first-order valence-corrected chi connectivity index (χ1v) is 17.5. The summed E-state index contributed by atoms with van der Waals surface area (Å²) >= 11 is 0. The van der Waals surface area contributed by atoms with E-state index in [4.69, 9.17) is 15.2 Å². The van der Waals surface area contributed by atoms with E-state index in [-0.39, 0.29) is 18.9 Å². The topological polar surface area (TPSA) is 273 Å². The molecule has 0 aliphatic carbocycles. The molecule has 2 unspecified atom stereocenters. The van der Waals surface area contributed by atoms with E-state index in [1.807, 2.05) is 0 Å². The van der Waals surface area contributed by atoms with Gasteiger partial charge in [-0.2, -0.15) is 0 Å². The minimum absolute atomic E-state index is 0.0782. The number of benzene rings is 1. The van der Waals surface area contributed by atoms with Crippen molar-refractivity contribution in [2.75, 3.05) is 0 Å². The van der Waals surface area contributed by atoms with E-state index in [1.54, 1.807) is 58.0 Å². The summed E-state index contributed by atoms with van der Waals surface area (Å²) in [6.45, 7) is 10.6. The first-order chi connectivity index (χ1) is 24.8. The Morgan fingerprint density at radius 2 is 1.40 bits per heavy atom. The molecular weight excluding hydrogens is 694 g/mol. The fourth-order valence-electron chi connectivity index (χ4n) is 5.25. The number of nitrogens with two attached hydrogens (primary N) is 1. The van der Waals surface area contributed by atoms with Gasteiger partial charge >= 0.3 is 12.1 Å². The van der Waals surface area contributed by atoms with E-state index in [1.165, 1.54) is 20.8 Å². The van der Waals surface area contributed by atoms with Gasteiger partial charge in [-0.3, -0.25) is 28.8 Å². The normalized spacial score (nSPS) is 26.5. The van der Waals surface area contributed by atoms with Gasteiger partial charge in [-0.05, 0) is 44.6 Å². The molecule has 1 aromatic carbocycles. The van der Waals surface area contributed by atoms with Crippen LogP contribution in [0.2, 0.25) is 0 Å². The van der Waals surface area contributed by atoms with Crippen molar-refractivity contribution < 1.29 is 52.9 Å². The molecule has 1 saturated heterocycles. The smallest absolute Gasteiger partial charge is 0.408 e. The van der Waals surface area contributed by atoms with E-state index in [2.05, 4.69) is 31.9 Å². The summed E-state index contributed by atoms with van der Waals surface area (Å²) in [6, 6.07) is -0.245. The van der Waals surface area contributed by atoms with Crippen molar-refractivity contribution in [1.82, 2.24) is 31.9 Å². The average Bonchev–Trinajstić information content (AvgIpc) is 3.08. The molecule has 0 spiro atoms. The van der Waals surface area contributed by atoms with Gasteiger partial charge < -0.3 is 52.2 Å². The van der Waals surface area contributed by atoms with E-state index >= 15 is 0 Å². The number of hydrogen-bond acceptors (Lipinski definition) is 11. The van der Waals surface area contributed by atoms with E-state index in [0.29, 0.717) is 12.0 Å². The highest BCUT2D eigenvalue weighted by atomic mass is 16.6. The Bertz CT molecular complexity index is 1470. The fourth-order valence-corrected chi connectivity index (χ4v) is 5.25. The van der Waals surface area contributed by atoms with Gasteiger partial charge in [0, 0.05) is 0 Å². The van der Waals surface area contributed by atoms with Crippen molar-refractivity contribution >= 4 is 47.5 Å². The van der Waals surface area contributed by atoms with Crippen LogP contribution in [-0.2, 0) is 49.6 Å². The second kappa shape index (κ2) is 20.7. The Labute approximate surface area is 308 Å². The third kappa shape index (κ3) is 14.0. The molecule has 294 valence electrons. The van der Waals surface area contributed by atoms with Crippen molar-refractivity contribution in [3.05, 3.63) is 35.9 Å². The highest BCUT2D eigenvalue weighted by Gasteiger charge is 2.38. The standard InChI is InChI=1S/C35H53N7O11/c1-8-18(4)26-31(47)41-27(20(6)43)32(48)39-24(15-25(36)44)29(45)37-19(5)34(50)53-21(7)28(33(49)38-23(14-17(2)3)30(46)40-26)42-35(51)52-16-22-12-10-9-11-13-22/h9-13,17-21,23-24,26-28,43H,8,14-16H2,1-7H3,(H2,36,44)(H,37,45)(H,38,49)(H,39,48)(H,40,46)(H,41,47)(H,42,51)/t18-,19+,20-,21+,23?,24+,26-,27?,28-/m0/s1. The Morgan fingerprint density at radius 1 is 0.830 bits per heavy atom. The Morgan fingerprint density at radius 3 is 1.96 bits per heavy atom. The van der Waals surface area contributed by atoms with Crippen molar-refractivity contribution in [3.63, 3.8) is 0 Å². The van der Waals surface area contributed by atoms with Gasteiger partial charge in [0.2, 0.25) is 35.4 Å². The number of nitrogens with one attached hydrogen (secondary N) is 6. The zero-order chi connectivity index (χ0) is 40.0. The maximum absolute atomic E-state index is 13.9. The Balaban J connectivity index is 2.59. The molecule has 53 heavy (non-hydrogen) atoms. The number of rotatable bonds is 10. The zero-order valence-electron chi connectivity index (χ0n) is 31.1. The Hall–Kier alpha value is -5.26. The molecule has 0 aromatic heterocycles. The monoisotopic (exact) mass is 747 g/mol. The zero-order valence-corrected chi connectivity index (χ0v) is 31.1. The van der Waals surface area contributed by atoms with Crippen molar-refractivity contribution in [2.45, 2.75) is 123 Å². The molecule has 7 amide bonds. The van der Waals surface area contributed by atoms with Gasteiger partial charge in [0.25, 0.3) is 0 Å². The molecule has 18 nitrogen and oxygen atoms in total. The summed E-state index contributed by atoms with van der Waals surface area (Å²) in [7, 11) is 0. The van der Waals surface area contributed by atoms with Crippen molar-refractivity contribution in [3.8, 4) is 0 Å². The lowest BCUT2D eigenvalue weighted by atomic mass is 9.96. The van der Waals surface area contributed by atoms with Crippen LogP contribution < -0.4 is 37.6 Å². The number of aliphatic hydroxyl groups is 1. The van der Waals surface area contributed by atoms with E-state index in [9.17, 15) is 43.5 Å². The molecule has 1 heterocycles. The lowest BCUT2D eigenvalue weighted by Crippen LogP contribution is -2.62. The van der Waals surface area contributed by atoms with Gasteiger partial charge in [-0.25, -0.2) is 9.59 Å². The molecule has 1 aromatic rings. The van der Waals surface area contributed by atoms with Crippen LogP contribution in [0, 0.1) is 11.8 Å². The number of hydrogen-bond donors (Lipinski definition) is 8. The first kappa shape index (κ1) is 43.9. The van der Waals surface area contributed by atoms with Gasteiger partial charge in [0.15, 0.2) is 0 Å². The quantitative estimate of drug-likeness (QED) is 0.135. The molecule has 9 N–H and O–H groups in total. The molecular formula is C35H53N7O11. The largest absolute Gasteiger partial charge is 0.458 e. The third-order valence-electron chi connectivity index (χ3n) is 8.49. The number of carbonyl (C=O) groups is 8. The average molecular weight is 748 g/mol. The van der Waals surface area contributed by atoms with Crippen LogP contribution in [-0.4, -0.2) is 101 Å². The van der Waals surface area contributed by atoms with Crippen molar-refractivity contribution in [1.29, 1.82) is 0 Å². The number of cyclic esters (lactones) is 1. The van der Waals surface area contributed by atoms with Gasteiger partial charge in [-0.15, -0.1) is 0 Å². The highest BCUT2D eigenvalue weighted by molar-refractivity contribution is 5.98. The summed E-state index contributed by atoms with van der Waals surface area (Å²) in [4.78, 5) is 106. The Kier molecular flexibility index (Phi) is 17.1. The number of amides is 7. The summed E-state index contributed by atoms with van der Waals surface area (Å²) in [5, 5.41) is 25.1. The van der Waals surface area contributed by atoms with Crippen LogP contribution in [0.25, 0.3) is 0 Å². The third-order valence-corrected chi connectivity index (χ3v) is 8.49. The summed E-state index contributed by atoms with van der Waals surface area (Å²) in [5.41, 5.74) is 5.96. The van der Waals surface area contributed by atoms with Crippen LogP contribution in [0.1, 0.15) is 73.3 Å². The van der Waals surface area contributed by atoms with E-state index < -0.39 is 108 Å². The minimum Gasteiger partial charge on any atom is -0.458 e. The number of aliphatic hydroxyl groups excluding tert-OH is 1. The number of esters is 1. The molecule has 9 atom stereocenters. The molecule has 0 bridgehead atoms. The minimum atomic E-state index is -1.67. The highest BCUT2D eigenvalue weighted by Crippen LogP contribution is 2.13. The van der Waals surface area contributed by atoms with Crippen LogP contribution in [0.5, 0.6) is 0 Å². The first-order valence-electron chi connectivity index (χ1n) is 17.5. The number of alkyl carbamates (subject to hydrolysis) is 1. The SMILES string of the molecule is CC[C@H](C)[C@@H]1NC(=O)C(CC(C)C)NC(=O)[C@@H](NC(=O)OCc2ccccc2)[C@@H](C)OC(=O)[C@@H](C)NC(=O)[C@@H](CC(N)=O)NC(=O)C([C@H](C)O)NC1=O. The molecule has 1 aliphatic rings. The summed E-state index contributed by atoms with van der Waals surface area (Å²) in [6.07, 6.45) is -4.25. The number of primary amides is 1. The lowest BCUT2D eigenvalue weighted by molar-refractivity contribution is -0.154. The van der Waals surface area contributed by atoms with Crippen LogP contribution >= 0.6 is 0 Å². The lowest BCUT2D eigenvalue weighted by Gasteiger charge is -2.30. The fraction of sp³-hybridized carbons (Fsp3) is 0.600. The number of carbonyl (C=O) groups excluding carboxylic acids is 8. The predicted molar refractivity (Wildman–Crippen MR) is 189 cm³/mol. The second-order valence-electron chi connectivity index (χ2n) is 13.6.